The third kappa shape index (κ3) is 11.0. The van der Waals surface area contributed by atoms with Crippen molar-refractivity contribution < 1.29 is 58.6 Å². The van der Waals surface area contributed by atoms with E-state index < -0.39 is 71.3 Å². The fourth-order valence-electron chi connectivity index (χ4n) is 5.95. The van der Waals surface area contributed by atoms with Gasteiger partial charge >= 0.3 is 23.9 Å². The zero-order valence-corrected chi connectivity index (χ0v) is 31.7. The van der Waals surface area contributed by atoms with Crippen LogP contribution in [0, 0.1) is 0 Å². The molecule has 2 atom stereocenters. The van der Waals surface area contributed by atoms with E-state index in [9.17, 15) is 39.6 Å². The Morgan fingerprint density at radius 3 is 0.967 bits per heavy atom. The predicted molar refractivity (Wildman–Crippen MR) is 219 cm³/mol. The Hall–Kier alpha value is -8.12. The van der Waals surface area contributed by atoms with Crippen LogP contribution >= 0.6 is 0 Å². The van der Waals surface area contributed by atoms with Crippen molar-refractivity contribution in [1.29, 1.82) is 0 Å². The van der Waals surface area contributed by atoms with E-state index in [4.69, 9.17) is 18.9 Å². The van der Waals surface area contributed by atoms with Crippen molar-refractivity contribution in [3.05, 3.63) is 203 Å². The highest BCUT2D eigenvalue weighted by atomic mass is 16.6. The van der Waals surface area contributed by atoms with E-state index in [0.29, 0.717) is 22.3 Å². The average molecular weight is 807 g/mol. The Labute approximate surface area is 344 Å². The third-order valence-corrected chi connectivity index (χ3v) is 8.93. The van der Waals surface area contributed by atoms with Crippen LogP contribution < -0.4 is 0 Å². The van der Waals surface area contributed by atoms with Gasteiger partial charge in [0.2, 0.25) is 12.2 Å². The molecular formula is C48H38O12. The number of ether oxygens (including phenoxy) is 4. The molecule has 60 heavy (non-hydrogen) atoms. The maximum atomic E-state index is 14.5. The van der Waals surface area contributed by atoms with Gasteiger partial charge in [-0.1, -0.05) is 133 Å². The molecule has 12 nitrogen and oxygen atoms in total. The topological polar surface area (TPSA) is 186 Å². The van der Waals surface area contributed by atoms with Crippen LogP contribution in [0.2, 0.25) is 0 Å². The van der Waals surface area contributed by atoms with E-state index in [2.05, 4.69) is 0 Å². The number of benzene rings is 6. The van der Waals surface area contributed by atoms with Crippen molar-refractivity contribution in [2.24, 2.45) is 0 Å². The van der Waals surface area contributed by atoms with Crippen LogP contribution in [-0.2, 0) is 38.1 Å². The number of hydrogen-bond donors (Lipinski definition) is 4. The molecule has 0 fully saturated rings. The summed E-state index contributed by atoms with van der Waals surface area (Å²) < 4.78 is 23.4. The molecule has 0 heterocycles. The van der Waals surface area contributed by atoms with Gasteiger partial charge in [-0.2, -0.15) is 0 Å². The lowest BCUT2D eigenvalue weighted by Gasteiger charge is -2.28. The number of phenolic OH excluding ortho intramolecular Hbond substituents is 4. The molecule has 0 bridgehead atoms. The SMILES string of the molecule is O=C(/C=C/c1ccc(O)c(O)c1)OC(C(=O)OC(c1ccccc1)c1ccccc1)C(OC(=O)/C=C/c1ccc(O)c(O)c1)C(=O)OC(c1ccccc1)c1ccccc1. The zero-order valence-electron chi connectivity index (χ0n) is 31.7. The minimum atomic E-state index is -2.28. The van der Waals surface area contributed by atoms with Gasteiger partial charge < -0.3 is 39.4 Å². The minimum Gasteiger partial charge on any atom is -0.504 e. The average Bonchev–Trinajstić information content (AvgIpc) is 3.27. The molecule has 6 aromatic rings. The molecule has 0 aliphatic carbocycles. The molecule has 12 heteroatoms. The van der Waals surface area contributed by atoms with E-state index in [1.54, 1.807) is 121 Å². The predicted octanol–water partition coefficient (Wildman–Crippen LogP) is 7.72. The van der Waals surface area contributed by atoms with Crippen LogP contribution in [0.5, 0.6) is 23.0 Å². The van der Waals surface area contributed by atoms with Crippen LogP contribution in [0.15, 0.2) is 170 Å². The van der Waals surface area contributed by atoms with Crippen molar-refractivity contribution in [1.82, 2.24) is 0 Å². The van der Waals surface area contributed by atoms with E-state index in [1.165, 1.54) is 48.6 Å². The Kier molecular flexibility index (Phi) is 13.7. The highest BCUT2D eigenvalue weighted by Crippen LogP contribution is 2.31. The second kappa shape index (κ2) is 19.8. The third-order valence-electron chi connectivity index (χ3n) is 8.93. The summed E-state index contributed by atoms with van der Waals surface area (Å²) in [4.78, 5) is 56.2. The quantitative estimate of drug-likeness (QED) is 0.0343. The van der Waals surface area contributed by atoms with Crippen LogP contribution in [0.25, 0.3) is 12.2 Å². The smallest absolute Gasteiger partial charge is 0.353 e. The standard InChI is InChI=1S/C48H38O12/c49-37-25-21-31(29-39(37)51)23-27-41(53)57-45(47(55)59-43(33-13-5-1-6-14-33)34-15-7-2-8-16-34)46(58-42(54)28-24-32-22-26-38(50)40(52)30-32)48(56)60-44(35-17-9-3-10-18-35)36-19-11-4-12-20-36/h1-30,43-46,49-52H/b27-23+,28-24+. The van der Waals surface area contributed by atoms with E-state index in [0.717, 1.165) is 12.2 Å². The molecule has 0 saturated heterocycles. The van der Waals surface area contributed by atoms with Crippen LogP contribution in [-0.4, -0.2) is 56.5 Å². The zero-order chi connectivity index (χ0) is 42.4. The maximum absolute atomic E-state index is 14.5. The highest BCUT2D eigenvalue weighted by Gasteiger charge is 2.44. The summed E-state index contributed by atoms with van der Waals surface area (Å²) in [5.74, 6) is -6.66. The van der Waals surface area contributed by atoms with Crippen molar-refractivity contribution in [3.63, 3.8) is 0 Å². The van der Waals surface area contributed by atoms with Crippen molar-refractivity contribution in [3.8, 4) is 23.0 Å². The molecule has 0 saturated carbocycles. The lowest BCUT2D eigenvalue weighted by molar-refractivity contribution is -0.191. The van der Waals surface area contributed by atoms with Crippen LogP contribution in [0.1, 0.15) is 45.6 Å². The molecular weight excluding hydrogens is 769 g/mol. The van der Waals surface area contributed by atoms with Gasteiger partial charge in [-0.15, -0.1) is 0 Å². The van der Waals surface area contributed by atoms with Gasteiger partial charge in [-0.25, -0.2) is 19.2 Å². The van der Waals surface area contributed by atoms with E-state index >= 15 is 0 Å². The second-order valence-electron chi connectivity index (χ2n) is 13.2. The minimum absolute atomic E-state index is 0.260. The second-order valence-corrected chi connectivity index (χ2v) is 13.2. The van der Waals surface area contributed by atoms with Crippen molar-refractivity contribution in [2.45, 2.75) is 24.4 Å². The Morgan fingerprint density at radius 2 is 0.683 bits per heavy atom. The number of carbonyl (C=O) groups is 4. The van der Waals surface area contributed by atoms with Crippen LogP contribution in [0.3, 0.4) is 0 Å². The molecule has 0 amide bonds. The Balaban J connectivity index is 1.41. The number of aromatic hydroxyl groups is 4. The summed E-state index contributed by atoms with van der Waals surface area (Å²) in [6.07, 6.45) is -2.50. The number of carbonyl (C=O) groups excluding carboxylic acids is 4. The fraction of sp³-hybridized carbons (Fsp3) is 0.0833. The monoisotopic (exact) mass is 806 g/mol. The van der Waals surface area contributed by atoms with Gasteiger partial charge in [-0.05, 0) is 69.8 Å². The summed E-state index contributed by atoms with van der Waals surface area (Å²) in [7, 11) is 0. The first-order chi connectivity index (χ1) is 29.0. The van der Waals surface area contributed by atoms with Crippen LogP contribution in [0.4, 0.5) is 0 Å². The molecule has 302 valence electrons. The first kappa shape index (κ1) is 41.5. The van der Waals surface area contributed by atoms with Gasteiger partial charge in [0.1, 0.15) is 0 Å². The largest absolute Gasteiger partial charge is 0.504 e. The summed E-state index contributed by atoms with van der Waals surface area (Å²) in [6, 6.07) is 42.2. The van der Waals surface area contributed by atoms with Gasteiger partial charge in [0, 0.05) is 12.2 Å². The van der Waals surface area contributed by atoms with Crippen molar-refractivity contribution >= 4 is 36.0 Å². The van der Waals surface area contributed by atoms with Gasteiger partial charge in [0.15, 0.2) is 35.2 Å². The Bertz CT molecular complexity index is 2210. The molecule has 0 radical (unpaired) electrons. The number of phenols is 4. The molecule has 4 N–H and O–H groups in total. The number of esters is 4. The molecule has 6 rings (SSSR count). The normalized spacial score (nSPS) is 12.2. The number of hydrogen-bond acceptors (Lipinski definition) is 12. The summed E-state index contributed by atoms with van der Waals surface area (Å²) in [5.41, 5.74) is 2.63. The maximum Gasteiger partial charge on any atom is 0.353 e. The fourth-order valence-corrected chi connectivity index (χ4v) is 5.95. The Morgan fingerprint density at radius 1 is 0.383 bits per heavy atom. The first-order valence-corrected chi connectivity index (χ1v) is 18.5. The molecule has 0 aromatic heterocycles. The summed E-state index contributed by atoms with van der Waals surface area (Å²) in [5, 5.41) is 39.4. The van der Waals surface area contributed by atoms with Gasteiger partial charge in [0.25, 0.3) is 0 Å². The summed E-state index contributed by atoms with van der Waals surface area (Å²) >= 11 is 0. The highest BCUT2D eigenvalue weighted by molar-refractivity contribution is 5.95. The molecule has 6 aromatic carbocycles. The summed E-state index contributed by atoms with van der Waals surface area (Å²) in [6.45, 7) is 0. The molecule has 0 aliphatic rings. The molecule has 2 unspecified atom stereocenters. The first-order valence-electron chi connectivity index (χ1n) is 18.5. The lowest BCUT2D eigenvalue weighted by Crippen LogP contribution is -2.47. The molecule has 0 spiro atoms. The molecule has 0 aliphatic heterocycles. The number of rotatable bonds is 15. The van der Waals surface area contributed by atoms with Gasteiger partial charge in [-0.3, -0.25) is 0 Å². The van der Waals surface area contributed by atoms with Gasteiger partial charge in [0.05, 0.1) is 0 Å². The van der Waals surface area contributed by atoms with E-state index in [-0.39, 0.29) is 11.1 Å². The van der Waals surface area contributed by atoms with E-state index in [1.807, 2.05) is 0 Å². The lowest BCUT2D eigenvalue weighted by atomic mass is 10.0. The van der Waals surface area contributed by atoms with Crippen molar-refractivity contribution in [2.75, 3.05) is 0 Å².